The number of hydrogen-bond donors (Lipinski definition) is 1. The van der Waals surface area contributed by atoms with Crippen molar-refractivity contribution in [2.45, 2.75) is 6.92 Å². The topological polar surface area (TPSA) is 66.5 Å². The highest BCUT2D eigenvalue weighted by atomic mass is 16.5. The first kappa shape index (κ1) is 17.4. The molecular weight excluding hydrogens is 326 g/mol. The zero-order chi connectivity index (χ0) is 18.2. The highest BCUT2D eigenvalue weighted by molar-refractivity contribution is 5.83. The van der Waals surface area contributed by atoms with Crippen LogP contribution >= 0.6 is 0 Å². The van der Waals surface area contributed by atoms with Gasteiger partial charge in [-0.1, -0.05) is 18.2 Å². The van der Waals surface area contributed by atoms with Gasteiger partial charge in [-0.25, -0.2) is 0 Å². The molecule has 0 aliphatic heterocycles. The van der Waals surface area contributed by atoms with E-state index in [1.54, 1.807) is 24.4 Å². The Morgan fingerprint density at radius 2 is 1.50 bits per heavy atom. The molecule has 0 fully saturated rings. The molecule has 0 unspecified atom stereocenters. The third-order valence-corrected chi connectivity index (χ3v) is 3.53. The second-order valence-electron chi connectivity index (χ2n) is 5.47. The Labute approximate surface area is 152 Å². The Morgan fingerprint density at radius 1 is 0.846 bits per heavy atom. The Balaban J connectivity index is 1.68. The molecule has 3 rings (SSSR count). The lowest BCUT2D eigenvalue weighted by molar-refractivity contribution is 0.318. The van der Waals surface area contributed by atoms with Gasteiger partial charge in [0.1, 0.15) is 0 Å². The molecule has 130 valence electrons. The van der Waals surface area contributed by atoms with E-state index in [4.69, 9.17) is 4.74 Å². The molecule has 0 aromatic heterocycles. The summed E-state index contributed by atoms with van der Waals surface area (Å²) in [7, 11) is 0. The molecule has 0 radical (unpaired) electrons. The maximum atomic E-state index is 9.73. The van der Waals surface area contributed by atoms with Crippen LogP contribution < -0.4 is 4.74 Å². The molecule has 0 amide bonds. The molecule has 0 spiro atoms. The minimum absolute atomic E-state index is 0.122. The summed E-state index contributed by atoms with van der Waals surface area (Å²) in [6.07, 6.45) is 1.72. The van der Waals surface area contributed by atoms with E-state index in [2.05, 4.69) is 15.2 Å². The standard InChI is InChI=1S/C21H19N3O2/c1-2-26-21-14-16(8-13-20(21)25)15-22-17-9-11-19(12-10-17)24-23-18-6-4-3-5-7-18/h3-15,25H,2H2,1H3. The maximum absolute atomic E-state index is 9.73. The zero-order valence-corrected chi connectivity index (χ0v) is 14.4. The number of rotatable bonds is 6. The summed E-state index contributed by atoms with van der Waals surface area (Å²) in [5, 5.41) is 18.1. The zero-order valence-electron chi connectivity index (χ0n) is 14.4. The van der Waals surface area contributed by atoms with Crippen LogP contribution in [-0.4, -0.2) is 17.9 Å². The number of hydrogen-bond acceptors (Lipinski definition) is 5. The Morgan fingerprint density at radius 3 is 2.19 bits per heavy atom. The minimum Gasteiger partial charge on any atom is -0.504 e. The van der Waals surface area contributed by atoms with Crippen molar-refractivity contribution in [3.63, 3.8) is 0 Å². The number of aromatic hydroxyl groups is 1. The van der Waals surface area contributed by atoms with Crippen LogP contribution in [-0.2, 0) is 0 Å². The molecule has 0 bridgehead atoms. The summed E-state index contributed by atoms with van der Waals surface area (Å²) in [6, 6.07) is 22.2. The van der Waals surface area contributed by atoms with Gasteiger partial charge < -0.3 is 9.84 Å². The van der Waals surface area contributed by atoms with Gasteiger partial charge in [-0.05, 0) is 67.1 Å². The quantitative estimate of drug-likeness (QED) is 0.442. The van der Waals surface area contributed by atoms with Crippen LogP contribution in [0.1, 0.15) is 12.5 Å². The van der Waals surface area contributed by atoms with E-state index in [9.17, 15) is 5.11 Å². The van der Waals surface area contributed by atoms with Gasteiger partial charge in [-0.3, -0.25) is 4.99 Å². The fraction of sp³-hybridized carbons (Fsp3) is 0.0952. The molecule has 1 N–H and O–H groups in total. The van der Waals surface area contributed by atoms with Crippen LogP contribution in [0.3, 0.4) is 0 Å². The average molecular weight is 345 g/mol. The first-order valence-electron chi connectivity index (χ1n) is 8.31. The summed E-state index contributed by atoms with van der Waals surface area (Å²) >= 11 is 0. The molecule has 0 heterocycles. The second kappa shape index (κ2) is 8.58. The normalized spacial score (nSPS) is 11.3. The SMILES string of the molecule is CCOc1cc(C=Nc2ccc(N=Nc3ccccc3)cc2)ccc1O. The van der Waals surface area contributed by atoms with Gasteiger partial charge in [0.25, 0.3) is 0 Å². The van der Waals surface area contributed by atoms with Crippen molar-refractivity contribution < 1.29 is 9.84 Å². The number of phenols is 1. The van der Waals surface area contributed by atoms with Crippen molar-refractivity contribution in [2.24, 2.45) is 15.2 Å². The average Bonchev–Trinajstić information content (AvgIpc) is 2.69. The molecule has 0 aliphatic rings. The third-order valence-electron chi connectivity index (χ3n) is 3.53. The Hall–Kier alpha value is -3.47. The third kappa shape index (κ3) is 4.77. The Bertz CT molecular complexity index is 904. The molecule has 5 nitrogen and oxygen atoms in total. The van der Waals surface area contributed by atoms with Crippen LogP contribution in [0.4, 0.5) is 17.1 Å². The lowest BCUT2D eigenvalue weighted by atomic mass is 10.2. The van der Waals surface area contributed by atoms with Gasteiger partial charge in [0.15, 0.2) is 11.5 Å². The number of nitrogens with zero attached hydrogens (tertiary/aromatic N) is 3. The van der Waals surface area contributed by atoms with Crippen molar-refractivity contribution in [1.29, 1.82) is 0 Å². The summed E-state index contributed by atoms with van der Waals surface area (Å²) in [6.45, 7) is 2.37. The van der Waals surface area contributed by atoms with Gasteiger partial charge in [0.2, 0.25) is 0 Å². The fourth-order valence-electron chi connectivity index (χ4n) is 2.25. The van der Waals surface area contributed by atoms with Crippen molar-refractivity contribution in [3.8, 4) is 11.5 Å². The molecule has 5 heteroatoms. The van der Waals surface area contributed by atoms with Crippen LogP contribution in [0.2, 0.25) is 0 Å². The summed E-state index contributed by atoms with van der Waals surface area (Å²) in [5.41, 5.74) is 3.22. The molecule has 26 heavy (non-hydrogen) atoms. The van der Waals surface area contributed by atoms with Crippen molar-refractivity contribution in [1.82, 2.24) is 0 Å². The van der Waals surface area contributed by atoms with Crippen LogP contribution in [0.25, 0.3) is 0 Å². The van der Waals surface area contributed by atoms with E-state index in [-0.39, 0.29) is 5.75 Å². The van der Waals surface area contributed by atoms with Crippen LogP contribution in [0, 0.1) is 0 Å². The van der Waals surface area contributed by atoms with Gasteiger partial charge in [-0.2, -0.15) is 10.2 Å². The van der Waals surface area contributed by atoms with E-state index in [1.807, 2.05) is 61.5 Å². The second-order valence-corrected chi connectivity index (χ2v) is 5.47. The monoisotopic (exact) mass is 345 g/mol. The molecule has 0 saturated heterocycles. The van der Waals surface area contributed by atoms with Crippen molar-refractivity contribution in [2.75, 3.05) is 6.61 Å². The minimum atomic E-state index is 0.122. The Kier molecular flexibility index (Phi) is 5.72. The number of benzene rings is 3. The first-order chi connectivity index (χ1) is 12.7. The summed E-state index contributed by atoms with van der Waals surface area (Å²) in [5.74, 6) is 0.574. The smallest absolute Gasteiger partial charge is 0.161 e. The van der Waals surface area contributed by atoms with Crippen LogP contribution in [0.5, 0.6) is 11.5 Å². The van der Waals surface area contributed by atoms with Gasteiger partial charge in [-0.15, -0.1) is 0 Å². The van der Waals surface area contributed by atoms with Crippen molar-refractivity contribution >= 4 is 23.3 Å². The van der Waals surface area contributed by atoms with E-state index in [0.29, 0.717) is 12.4 Å². The molecule has 3 aromatic rings. The predicted molar refractivity (Wildman–Crippen MR) is 104 cm³/mol. The molecular formula is C21H19N3O2. The van der Waals surface area contributed by atoms with E-state index in [1.165, 1.54) is 0 Å². The predicted octanol–water partition coefficient (Wildman–Crippen LogP) is 5.96. The summed E-state index contributed by atoms with van der Waals surface area (Å²) in [4.78, 5) is 4.43. The molecule has 3 aromatic carbocycles. The van der Waals surface area contributed by atoms with E-state index < -0.39 is 0 Å². The molecule has 0 atom stereocenters. The number of phenolic OH excluding ortho intramolecular Hbond substituents is 1. The highest BCUT2D eigenvalue weighted by Crippen LogP contribution is 2.27. The molecule has 0 saturated carbocycles. The van der Waals surface area contributed by atoms with Crippen LogP contribution in [0.15, 0.2) is 88.0 Å². The largest absolute Gasteiger partial charge is 0.504 e. The highest BCUT2D eigenvalue weighted by Gasteiger charge is 2.02. The van der Waals surface area contributed by atoms with Gasteiger partial charge >= 0.3 is 0 Å². The lowest BCUT2D eigenvalue weighted by Crippen LogP contribution is -1.93. The molecule has 0 aliphatic carbocycles. The number of azo groups is 1. The lowest BCUT2D eigenvalue weighted by Gasteiger charge is -2.05. The van der Waals surface area contributed by atoms with Gasteiger partial charge in [0, 0.05) is 6.21 Å². The van der Waals surface area contributed by atoms with Gasteiger partial charge in [0.05, 0.1) is 23.7 Å². The fourth-order valence-corrected chi connectivity index (χ4v) is 2.25. The first-order valence-corrected chi connectivity index (χ1v) is 8.31. The van der Waals surface area contributed by atoms with E-state index in [0.717, 1.165) is 22.6 Å². The summed E-state index contributed by atoms with van der Waals surface area (Å²) < 4.78 is 5.37. The van der Waals surface area contributed by atoms with Crippen molar-refractivity contribution in [3.05, 3.63) is 78.4 Å². The van der Waals surface area contributed by atoms with E-state index >= 15 is 0 Å². The maximum Gasteiger partial charge on any atom is 0.161 e. The number of ether oxygens (including phenoxy) is 1. The number of aliphatic imine (C=N–C) groups is 1.